The molecule has 0 spiro atoms. The number of benzene rings is 1. The van der Waals surface area contributed by atoms with Crippen molar-refractivity contribution in [3.05, 3.63) is 35.4 Å². The van der Waals surface area contributed by atoms with Crippen LogP contribution in [0, 0.1) is 6.92 Å². The van der Waals surface area contributed by atoms with E-state index in [2.05, 4.69) is 52.0 Å². The molecule has 0 N–H and O–H groups in total. The number of rotatable bonds is 4. The maximum atomic E-state index is 5.83. The smallest absolute Gasteiger partial charge is 0.0825 e. The van der Waals surface area contributed by atoms with Crippen molar-refractivity contribution >= 4 is 0 Å². The van der Waals surface area contributed by atoms with Crippen LogP contribution in [-0.2, 0) is 4.74 Å². The quantitative estimate of drug-likeness (QED) is 0.703. The molecule has 0 aliphatic rings. The van der Waals surface area contributed by atoms with Crippen LogP contribution in [-0.4, -0.2) is 6.10 Å². The SMILES string of the molecule is CCC(OC(C)C)c1ccc(C)cc1. The second-order valence-corrected chi connectivity index (χ2v) is 3.99. The van der Waals surface area contributed by atoms with Gasteiger partial charge in [-0.25, -0.2) is 0 Å². The molecule has 0 amide bonds. The first-order valence-corrected chi connectivity index (χ1v) is 5.35. The predicted octanol–water partition coefficient (Wildman–Crippen LogP) is 3.87. The summed E-state index contributed by atoms with van der Waals surface area (Å²) in [5.41, 5.74) is 2.58. The molecule has 0 heterocycles. The summed E-state index contributed by atoms with van der Waals surface area (Å²) in [6.45, 7) is 8.43. The largest absolute Gasteiger partial charge is 0.371 e. The van der Waals surface area contributed by atoms with Crippen molar-refractivity contribution in [1.29, 1.82) is 0 Å². The molecule has 0 fully saturated rings. The molecule has 1 heteroatoms. The van der Waals surface area contributed by atoms with Gasteiger partial charge in [0.05, 0.1) is 12.2 Å². The lowest BCUT2D eigenvalue weighted by molar-refractivity contribution is 0.00448. The van der Waals surface area contributed by atoms with Crippen LogP contribution >= 0.6 is 0 Å². The molecule has 1 aromatic rings. The summed E-state index contributed by atoms with van der Waals surface area (Å²) in [6, 6.07) is 8.60. The van der Waals surface area contributed by atoms with Crippen LogP contribution in [0.25, 0.3) is 0 Å². The molecule has 0 saturated heterocycles. The summed E-state index contributed by atoms with van der Waals surface area (Å²) in [5.74, 6) is 0. The Morgan fingerprint density at radius 2 is 1.71 bits per heavy atom. The maximum absolute atomic E-state index is 5.83. The third-order valence-electron chi connectivity index (χ3n) is 2.26. The molecule has 1 aromatic carbocycles. The number of hydrogen-bond acceptors (Lipinski definition) is 1. The van der Waals surface area contributed by atoms with E-state index in [4.69, 9.17) is 4.74 Å². The normalized spacial score (nSPS) is 13.2. The third-order valence-corrected chi connectivity index (χ3v) is 2.26. The van der Waals surface area contributed by atoms with Crippen LogP contribution in [0.5, 0.6) is 0 Å². The van der Waals surface area contributed by atoms with Crippen molar-refractivity contribution in [2.45, 2.75) is 46.3 Å². The van der Waals surface area contributed by atoms with Gasteiger partial charge in [-0.1, -0.05) is 36.8 Å². The van der Waals surface area contributed by atoms with Gasteiger partial charge in [-0.2, -0.15) is 0 Å². The minimum atomic E-state index is 0.246. The Hall–Kier alpha value is -0.820. The molecule has 1 nitrogen and oxygen atoms in total. The highest BCUT2D eigenvalue weighted by Crippen LogP contribution is 2.22. The van der Waals surface area contributed by atoms with E-state index in [1.165, 1.54) is 11.1 Å². The first kappa shape index (κ1) is 11.3. The van der Waals surface area contributed by atoms with Gasteiger partial charge in [0.2, 0.25) is 0 Å². The Kier molecular flexibility index (Phi) is 4.15. The third kappa shape index (κ3) is 3.15. The Morgan fingerprint density at radius 1 is 1.14 bits per heavy atom. The molecule has 14 heavy (non-hydrogen) atoms. The van der Waals surface area contributed by atoms with Crippen LogP contribution in [0.1, 0.15) is 44.4 Å². The number of hydrogen-bond donors (Lipinski definition) is 0. The lowest BCUT2D eigenvalue weighted by atomic mass is 10.1. The Labute approximate surface area is 87.1 Å². The Balaban J connectivity index is 2.73. The second kappa shape index (κ2) is 5.16. The van der Waals surface area contributed by atoms with Crippen molar-refractivity contribution in [2.24, 2.45) is 0 Å². The fourth-order valence-corrected chi connectivity index (χ4v) is 1.52. The van der Waals surface area contributed by atoms with E-state index in [-0.39, 0.29) is 6.10 Å². The molecular weight excluding hydrogens is 172 g/mol. The average Bonchev–Trinajstić information content (AvgIpc) is 2.15. The van der Waals surface area contributed by atoms with Crippen LogP contribution < -0.4 is 0 Å². The summed E-state index contributed by atoms with van der Waals surface area (Å²) in [7, 11) is 0. The van der Waals surface area contributed by atoms with Gasteiger partial charge in [-0.15, -0.1) is 0 Å². The molecule has 0 radical (unpaired) electrons. The number of aryl methyl sites for hydroxylation is 1. The predicted molar refractivity (Wildman–Crippen MR) is 60.4 cm³/mol. The minimum Gasteiger partial charge on any atom is -0.371 e. The summed E-state index contributed by atoms with van der Waals surface area (Å²) < 4.78 is 5.83. The topological polar surface area (TPSA) is 9.23 Å². The second-order valence-electron chi connectivity index (χ2n) is 3.99. The van der Waals surface area contributed by atoms with Crippen molar-refractivity contribution in [3.63, 3.8) is 0 Å². The standard InChI is InChI=1S/C13H20O/c1-5-13(14-10(2)3)12-8-6-11(4)7-9-12/h6-10,13H,5H2,1-4H3. The molecule has 0 bridgehead atoms. The summed E-state index contributed by atoms with van der Waals surface area (Å²) in [4.78, 5) is 0. The molecular formula is C13H20O. The van der Waals surface area contributed by atoms with Crippen LogP contribution in [0.15, 0.2) is 24.3 Å². The van der Waals surface area contributed by atoms with E-state index >= 15 is 0 Å². The minimum absolute atomic E-state index is 0.246. The highest BCUT2D eigenvalue weighted by molar-refractivity contribution is 5.23. The zero-order chi connectivity index (χ0) is 10.6. The van der Waals surface area contributed by atoms with E-state index in [0.29, 0.717) is 6.10 Å². The molecule has 0 saturated carbocycles. The monoisotopic (exact) mass is 192 g/mol. The van der Waals surface area contributed by atoms with Crippen LogP contribution in [0.2, 0.25) is 0 Å². The van der Waals surface area contributed by atoms with E-state index < -0.39 is 0 Å². The van der Waals surface area contributed by atoms with Crippen molar-refractivity contribution in [3.8, 4) is 0 Å². The lowest BCUT2D eigenvalue weighted by Crippen LogP contribution is -2.09. The molecule has 0 aliphatic heterocycles. The van der Waals surface area contributed by atoms with Gasteiger partial charge >= 0.3 is 0 Å². The van der Waals surface area contributed by atoms with E-state index in [9.17, 15) is 0 Å². The zero-order valence-electron chi connectivity index (χ0n) is 9.58. The molecule has 0 aromatic heterocycles. The van der Waals surface area contributed by atoms with Gasteiger partial charge in [0.1, 0.15) is 0 Å². The lowest BCUT2D eigenvalue weighted by Gasteiger charge is -2.19. The van der Waals surface area contributed by atoms with Crippen LogP contribution in [0.3, 0.4) is 0 Å². The first-order valence-electron chi connectivity index (χ1n) is 5.35. The van der Waals surface area contributed by atoms with Gasteiger partial charge in [-0.05, 0) is 32.8 Å². The van der Waals surface area contributed by atoms with Gasteiger partial charge in [0.15, 0.2) is 0 Å². The van der Waals surface area contributed by atoms with Gasteiger partial charge in [0, 0.05) is 0 Å². The first-order chi connectivity index (χ1) is 6.63. The van der Waals surface area contributed by atoms with Gasteiger partial charge in [-0.3, -0.25) is 0 Å². The summed E-state index contributed by atoms with van der Waals surface area (Å²) in [6.07, 6.45) is 1.57. The fraction of sp³-hybridized carbons (Fsp3) is 0.538. The van der Waals surface area contributed by atoms with Crippen molar-refractivity contribution in [1.82, 2.24) is 0 Å². The molecule has 0 aliphatic carbocycles. The van der Waals surface area contributed by atoms with E-state index in [0.717, 1.165) is 6.42 Å². The highest BCUT2D eigenvalue weighted by atomic mass is 16.5. The highest BCUT2D eigenvalue weighted by Gasteiger charge is 2.10. The van der Waals surface area contributed by atoms with Crippen molar-refractivity contribution < 1.29 is 4.74 Å². The number of ether oxygens (including phenoxy) is 1. The Bertz CT molecular complexity index is 261. The Morgan fingerprint density at radius 3 is 2.14 bits per heavy atom. The molecule has 78 valence electrons. The molecule has 1 atom stereocenters. The van der Waals surface area contributed by atoms with E-state index in [1.807, 2.05) is 0 Å². The fourth-order valence-electron chi connectivity index (χ4n) is 1.52. The van der Waals surface area contributed by atoms with Crippen LogP contribution in [0.4, 0.5) is 0 Å². The van der Waals surface area contributed by atoms with Gasteiger partial charge in [0.25, 0.3) is 0 Å². The summed E-state index contributed by atoms with van der Waals surface area (Å²) >= 11 is 0. The van der Waals surface area contributed by atoms with Gasteiger partial charge < -0.3 is 4.74 Å². The maximum Gasteiger partial charge on any atom is 0.0825 e. The molecule has 1 unspecified atom stereocenters. The van der Waals surface area contributed by atoms with Crippen molar-refractivity contribution in [2.75, 3.05) is 0 Å². The average molecular weight is 192 g/mol. The molecule has 1 rings (SSSR count). The van der Waals surface area contributed by atoms with E-state index in [1.54, 1.807) is 0 Å². The zero-order valence-corrected chi connectivity index (χ0v) is 9.58. The summed E-state index contributed by atoms with van der Waals surface area (Å²) in [5, 5.41) is 0.